The van der Waals surface area contributed by atoms with Crippen molar-refractivity contribution in [3.05, 3.63) is 40.8 Å². The van der Waals surface area contributed by atoms with Crippen LogP contribution in [0.25, 0.3) is 0 Å². The van der Waals surface area contributed by atoms with E-state index >= 15 is 0 Å². The zero-order valence-electron chi connectivity index (χ0n) is 19.7. The largest absolute Gasteiger partial charge is 0.480 e. The average molecular weight is 511 g/mol. The van der Waals surface area contributed by atoms with Gasteiger partial charge in [0, 0.05) is 23.1 Å². The number of aliphatic carboxylic acids is 1. The van der Waals surface area contributed by atoms with Crippen LogP contribution in [0.1, 0.15) is 63.9 Å². The lowest BCUT2D eigenvalue weighted by Gasteiger charge is -2.32. The molecule has 1 heterocycles. The number of benzene rings is 1. The van der Waals surface area contributed by atoms with Crippen LogP contribution in [0.4, 0.5) is 0 Å². The van der Waals surface area contributed by atoms with Gasteiger partial charge in [-0.25, -0.2) is 4.79 Å². The summed E-state index contributed by atoms with van der Waals surface area (Å²) in [4.78, 5) is 48.4. The molecule has 34 heavy (non-hydrogen) atoms. The third kappa shape index (κ3) is 6.49. The van der Waals surface area contributed by atoms with Gasteiger partial charge < -0.3 is 14.9 Å². The Labute approximate surface area is 205 Å². The minimum absolute atomic E-state index is 0.103. The Kier molecular flexibility index (Phi) is 9.35. The summed E-state index contributed by atoms with van der Waals surface area (Å²) in [6.45, 7) is 1.81. The molecule has 8 nitrogen and oxygen atoms in total. The lowest BCUT2D eigenvalue weighted by molar-refractivity contribution is -0.147. The number of hydrogen-bond donors (Lipinski definition) is 2. The second kappa shape index (κ2) is 11.8. The smallest absolute Gasteiger partial charge is 0.326 e. The number of hydrogen-bond acceptors (Lipinski definition) is 6. The third-order valence-corrected chi connectivity index (χ3v) is 11.7. The van der Waals surface area contributed by atoms with Gasteiger partial charge in [-0.1, -0.05) is 62.4 Å². The van der Waals surface area contributed by atoms with Crippen LogP contribution >= 0.6 is 19.3 Å². The molecule has 2 fully saturated rings. The molecular weight excluding hydrogens is 475 g/mol. The van der Waals surface area contributed by atoms with E-state index in [1.165, 1.54) is 18.2 Å². The summed E-state index contributed by atoms with van der Waals surface area (Å²) in [5.74, 6) is -1.20. The van der Waals surface area contributed by atoms with Crippen molar-refractivity contribution in [3.8, 4) is 0 Å². The third-order valence-electron chi connectivity index (χ3n) is 7.53. The van der Waals surface area contributed by atoms with E-state index in [1.54, 1.807) is 0 Å². The van der Waals surface area contributed by atoms with E-state index in [-0.39, 0.29) is 12.3 Å². The van der Waals surface area contributed by atoms with Crippen LogP contribution in [0.15, 0.2) is 34.9 Å². The van der Waals surface area contributed by atoms with Crippen molar-refractivity contribution in [1.82, 2.24) is 4.90 Å². The molecule has 3 unspecified atom stereocenters. The predicted octanol–water partition coefficient (Wildman–Crippen LogP) is 5.29. The number of nitroso groups, excluding NO2 is 1. The number of nitrogens with zero attached hydrogens (tertiary/aromatic N) is 2. The lowest BCUT2D eigenvalue weighted by atomic mass is 9.79. The minimum Gasteiger partial charge on any atom is -0.480 e. The molecule has 0 radical (unpaired) electrons. The fourth-order valence-electron chi connectivity index (χ4n) is 5.40. The highest BCUT2D eigenvalue weighted by Gasteiger charge is 2.49. The van der Waals surface area contributed by atoms with Crippen LogP contribution in [-0.4, -0.2) is 50.0 Å². The predicted molar refractivity (Wildman–Crippen MR) is 134 cm³/mol. The second-order valence-corrected chi connectivity index (χ2v) is 14.1. The number of carbonyl (C=O) groups excluding carboxylic acids is 1. The van der Waals surface area contributed by atoms with Gasteiger partial charge in [-0.3, -0.25) is 9.36 Å². The topological polar surface area (TPSA) is 124 Å². The van der Waals surface area contributed by atoms with E-state index in [0.29, 0.717) is 43.7 Å². The Balaban J connectivity index is 1.68. The number of likely N-dealkylation sites (tertiary alicyclic amines) is 1. The van der Waals surface area contributed by atoms with Crippen molar-refractivity contribution < 1.29 is 24.2 Å². The summed E-state index contributed by atoms with van der Waals surface area (Å²) in [6.07, 6.45) is 6.66. The van der Waals surface area contributed by atoms with Crippen LogP contribution in [-0.2, 0) is 20.6 Å². The van der Waals surface area contributed by atoms with Crippen LogP contribution < -0.4 is 0 Å². The molecule has 4 atom stereocenters. The van der Waals surface area contributed by atoms with Crippen molar-refractivity contribution >= 4 is 31.2 Å². The normalized spacial score (nSPS) is 24.8. The summed E-state index contributed by atoms with van der Waals surface area (Å²) in [5, 5.41) is 9.73. The number of rotatable bonds is 11. The maximum atomic E-state index is 13.4. The Morgan fingerprint density at radius 2 is 1.85 bits per heavy atom. The molecule has 1 amide bonds. The van der Waals surface area contributed by atoms with Gasteiger partial charge in [0.15, 0.2) is 0 Å². The van der Waals surface area contributed by atoms with Crippen molar-refractivity contribution in [1.29, 1.82) is 0 Å². The number of carbonyl (C=O) groups is 2. The van der Waals surface area contributed by atoms with Crippen LogP contribution in [0.2, 0.25) is 0 Å². The summed E-state index contributed by atoms with van der Waals surface area (Å²) in [7, 11) is -4.18. The fraction of sp³-hybridized carbons (Fsp3) is 0.667. The van der Waals surface area contributed by atoms with Crippen LogP contribution in [0.5, 0.6) is 0 Å². The second-order valence-electron chi connectivity index (χ2n) is 9.83. The monoisotopic (exact) mass is 510 g/mol. The molecule has 1 aromatic carbocycles. The van der Waals surface area contributed by atoms with E-state index in [2.05, 4.69) is 4.58 Å². The highest BCUT2D eigenvalue weighted by molar-refractivity contribution is 8.05. The molecular formula is C24H35N2O6PS. The van der Waals surface area contributed by atoms with Crippen molar-refractivity contribution in [2.45, 2.75) is 75.2 Å². The number of carboxylic acid groups (broad SMARTS) is 1. The van der Waals surface area contributed by atoms with Gasteiger partial charge in [0.05, 0.1) is 0 Å². The van der Waals surface area contributed by atoms with Gasteiger partial charge in [0.2, 0.25) is 13.3 Å². The highest BCUT2D eigenvalue weighted by Crippen LogP contribution is 2.62. The molecule has 1 aliphatic heterocycles. The van der Waals surface area contributed by atoms with Crippen LogP contribution in [0.3, 0.4) is 0 Å². The molecule has 2 aliphatic rings. The van der Waals surface area contributed by atoms with E-state index in [0.717, 1.165) is 31.2 Å². The Morgan fingerprint density at radius 1 is 1.18 bits per heavy atom. The van der Waals surface area contributed by atoms with Crippen molar-refractivity contribution in [3.63, 3.8) is 0 Å². The number of amides is 1. The molecule has 188 valence electrons. The Bertz CT molecular complexity index is 910. The summed E-state index contributed by atoms with van der Waals surface area (Å²) in [5.41, 5.74) is 1.08. The standard InChI is InChI=1S/C24H35N2O6PS/c1-24(34-25-30,14-8-11-18-9-4-2-5-10-18)33(31,32)17-22(27)26-16-20(15-21(26)23(28)29)19-12-6-3-7-13-19/h2,4-5,9-10,19-21H,3,6-8,11-17H2,1H3,(H,28,29)(H,31,32)/t20?,21-,24?/m0/s1. The molecule has 1 aromatic rings. The summed E-state index contributed by atoms with van der Waals surface area (Å²) >= 11 is 0.505. The first-order valence-electron chi connectivity index (χ1n) is 12.1. The molecule has 0 bridgehead atoms. The van der Waals surface area contributed by atoms with Gasteiger partial charge in [0.1, 0.15) is 16.7 Å². The molecule has 1 saturated heterocycles. The molecule has 0 aromatic heterocycles. The van der Waals surface area contributed by atoms with Gasteiger partial charge in [-0.2, -0.15) is 0 Å². The van der Waals surface area contributed by atoms with Crippen molar-refractivity contribution in [2.75, 3.05) is 12.7 Å². The SMILES string of the molecule is CC(CCCc1ccccc1)(SN=O)P(=O)(O)CC(=O)N1CC(C2CCCCC2)C[C@H]1C(=O)O. The van der Waals surface area contributed by atoms with E-state index in [4.69, 9.17) is 0 Å². The first kappa shape index (κ1) is 26.9. The van der Waals surface area contributed by atoms with Gasteiger partial charge in [-0.05, 0) is 50.0 Å². The molecule has 1 aliphatic carbocycles. The zero-order valence-corrected chi connectivity index (χ0v) is 21.4. The summed E-state index contributed by atoms with van der Waals surface area (Å²) < 4.78 is 14.9. The van der Waals surface area contributed by atoms with Crippen LogP contribution in [0, 0.1) is 16.7 Å². The molecule has 0 spiro atoms. The van der Waals surface area contributed by atoms with Gasteiger partial charge >= 0.3 is 5.97 Å². The van der Waals surface area contributed by atoms with Crippen molar-refractivity contribution in [2.24, 2.45) is 16.4 Å². The Hall–Kier alpha value is -1.70. The number of carboxylic acids is 1. The molecule has 10 heteroatoms. The maximum Gasteiger partial charge on any atom is 0.326 e. The quantitative estimate of drug-likeness (QED) is 0.235. The van der Waals surface area contributed by atoms with E-state index < -0.39 is 35.9 Å². The number of aryl methyl sites for hydroxylation is 1. The summed E-state index contributed by atoms with van der Waals surface area (Å²) in [6, 6.07) is 8.71. The molecule has 1 saturated carbocycles. The minimum atomic E-state index is -4.18. The van der Waals surface area contributed by atoms with Gasteiger partial charge in [0.25, 0.3) is 0 Å². The average Bonchev–Trinajstić information content (AvgIpc) is 3.26. The first-order valence-corrected chi connectivity index (χ1v) is 14.7. The van der Waals surface area contributed by atoms with E-state index in [9.17, 15) is 29.1 Å². The van der Waals surface area contributed by atoms with E-state index in [1.807, 2.05) is 30.3 Å². The molecule has 2 N–H and O–H groups in total. The van der Waals surface area contributed by atoms with Gasteiger partial charge in [-0.15, -0.1) is 4.91 Å². The highest BCUT2D eigenvalue weighted by atomic mass is 32.2. The zero-order chi connectivity index (χ0) is 24.8. The fourth-order valence-corrected chi connectivity index (χ4v) is 7.99. The first-order chi connectivity index (χ1) is 16.2. The molecule has 3 rings (SSSR count). The maximum absolute atomic E-state index is 13.4. The lowest BCUT2D eigenvalue weighted by Crippen LogP contribution is -2.43. The Morgan fingerprint density at radius 3 is 2.47 bits per heavy atom.